The monoisotopic (exact) mass is 444 g/mol. The molecule has 31 heavy (non-hydrogen) atoms. The quantitative estimate of drug-likeness (QED) is 0.443. The lowest BCUT2D eigenvalue weighted by Gasteiger charge is -2.24. The molecule has 3 rings (SSSR count). The van der Waals surface area contributed by atoms with E-state index in [1.807, 2.05) is 39.8 Å². The van der Waals surface area contributed by atoms with Gasteiger partial charge in [0.2, 0.25) is 10.0 Å². The van der Waals surface area contributed by atoms with Gasteiger partial charge in [0.15, 0.2) is 5.75 Å². The molecule has 5 N–H and O–H groups in total. The van der Waals surface area contributed by atoms with Crippen LogP contribution in [0.3, 0.4) is 0 Å². The van der Waals surface area contributed by atoms with Gasteiger partial charge < -0.3 is 20.8 Å². The van der Waals surface area contributed by atoms with E-state index in [0.29, 0.717) is 22.6 Å². The Labute approximate surface area is 182 Å². The summed E-state index contributed by atoms with van der Waals surface area (Å²) in [6, 6.07) is 8.99. The predicted molar refractivity (Wildman–Crippen MR) is 126 cm³/mol. The fraction of sp³-hybridized carbons (Fsp3) is 0.318. The Bertz CT molecular complexity index is 1270. The zero-order valence-corrected chi connectivity index (χ0v) is 19.3. The van der Waals surface area contributed by atoms with Crippen LogP contribution >= 0.6 is 0 Å². The van der Waals surface area contributed by atoms with E-state index in [-0.39, 0.29) is 22.8 Å². The summed E-state index contributed by atoms with van der Waals surface area (Å²) in [6.07, 6.45) is 1.06. The average Bonchev–Trinajstić information content (AvgIpc) is 2.98. The van der Waals surface area contributed by atoms with Crippen molar-refractivity contribution in [2.75, 3.05) is 29.1 Å². The van der Waals surface area contributed by atoms with Crippen molar-refractivity contribution in [2.24, 2.45) is 0 Å². The summed E-state index contributed by atoms with van der Waals surface area (Å²) in [6.45, 7) is 7.83. The number of hydrogen-bond donors (Lipinski definition) is 4. The molecule has 0 atom stereocenters. The lowest BCUT2D eigenvalue weighted by atomic mass is 9.86. The molecular formula is C22H28N4O4S. The molecule has 166 valence electrons. The first-order valence-electron chi connectivity index (χ1n) is 9.70. The maximum absolute atomic E-state index is 13.2. The molecule has 8 nitrogen and oxygen atoms in total. The van der Waals surface area contributed by atoms with Crippen LogP contribution in [0.4, 0.5) is 17.1 Å². The van der Waals surface area contributed by atoms with Crippen molar-refractivity contribution in [1.29, 1.82) is 0 Å². The predicted octanol–water partition coefficient (Wildman–Crippen LogP) is 3.99. The molecule has 2 aromatic carbocycles. The topological polar surface area (TPSA) is 126 Å². The molecule has 3 aromatic rings. The van der Waals surface area contributed by atoms with Gasteiger partial charge in [-0.25, -0.2) is 8.42 Å². The Hall–Kier alpha value is -3.20. The van der Waals surface area contributed by atoms with Crippen molar-refractivity contribution >= 4 is 43.9 Å². The van der Waals surface area contributed by atoms with E-state index in [0.717, 1.165) is 22.8 Å². The molecule has 0 saturated carbocycles. The van der Waals surface area contributed by atoms with Crippen LogP contribution < -0.4 is 20.5 Å². The van der Waals surface area contributed by atoms with Gasteiger partial charge in [-0.3, -0.25) is 9.52 Å². The van der Waals surface area contributed by atoms with Crippen LogP contribution in [0.1, 0.15) is 42.4 Å². The normalized spacial score (nSPS) is 12.1. The van der Waals surface area contributed by atoms with E-state index in [2.05, 4.69) is 15.0 Å². The van der Waals surface area contributed by atoms with E-state index in [9.17, 15) is 13.2 Å². The number of aromatic nitrogens is 1. The molecule has 1 aromatic heterocycles. The minimum absolute atomic E-state index is 0.222. The second kappa shape index (κ2) is 7.81. The number of hydrogen-bond acceptors (Lipinski definition) is 5. The minimum Gasteiger partial charge on any atom is -0.492 e. The van der Waals surface area contributed by atoms with Gasteiger partial charge in [0.05, 0.1) is 35.9 Å². The highest BCUT2D eigenvalue weighted by Gasteiger charge is 2.23. The highest BCUT2D eigenvalue weighted by molar-refractivity contribution is 7.92. The SMILES string of the molecule is COc1c(NC(=O)c2[nH]c3c(N)cccc3c2C)cc(C(C)(C)C)cc1NS(C)(=O)=O. The van der Waals surface area contributed by atoms with Gasteiger partial charge in [0.25, 0.3) is 5.91 Å². The summed E-state index contributed by atoms with van der Waals surface area (Å²) < 4.78 is 31.7. The molecule has 0 saturated heterocycles. The number of carbonyl (C=O) groups is 1. The molecule has 0 fully saturated rings. The Balaban J connectivity index is 2.11. The van der Waals surface area contributed by atoms with Crippen molar-refractivity contribution in [3.63, 3.8) is 0 Å². The zero-order chi connectivity index (χ0) is 23.1. The van der Waals surface area contributed by atoms with Crippen LogP contribution in [0.25, 0.3) is 10.9 Å². The van der Waals surface area contributed by atoms with Gasteiger partial charge in [-0.1, -0.05) is 32.9 Å². The number of methoxy groups -OCH3 is 1. The maximum atomic E-state index is 13.2. The first-order valence-corrected chi connectivity index (χ1v) is 11.6. The van der Waals surface area contributed by atoms with Gasteiger partial charge in [0, 0.05) is 5.39 Å². The van der Waals surface area contributed by atoms with E-state index >= 15 is 0 Å². The first-order chi connectivity index (χ1) is 14.3. The van der Waals surface area contributed by atoms with E-state index in [4.69, 9.17) is 10.5 Å². The van der Waals surface area contributed by atoms with E-state index in [1.54, 1.807) is 18.2 Å². The number of aromatic amines is 1. The molecule has 1 amide bonds. The lowest BCUT2D eigenvalue weighted by Crippen LogP contribution is -2.19. The highest BCUT2D eigenvalue weighted by atomic mass is 32.2. The second-order valence-corrected chi connectivity index (χ2v) is 10.3. The van der Waals surface area contributed by atoms with Gasteiger partial charge in [-0.05, 0) is 41.7 Å². The van der Waals surface area contributed by atoms with Crippen LogP contribution in [0, 0.1) is 6.92 Å². The van der Waals surface area contributed by atoms with Crippen molar-refractivity contribution in [2.45, 2.75) is 33.1 Å². The number of H-pyrrole nitrogens is 1. The number of benzene rings is 2. The molecule has 0 unspecified atom stereocenters. The fourth-order valence-electron chi connectivity index (χ4n) is 3.44. The summed E-state index contributed by atoms with van der Waals surface area (Å²) >= 11 is 0. The Morgan fingerprint density at radius 2 is 1.81 bits per heavy atom. The number of nitrogens with one attached hydrogen (secondary N) is 3. The number of para-hydroxylation sites is 1. The van der Waals surface area contributed by atoms with Crippen molar-refractivity contribution in [3.05, 3.63) is 47.2 Å². The molecule has 9 heteroatoms. The lowest BCUT2D eigenvalue weighted by molar-refractivity contribution is 0.102. The fourth-order valence-corrected chi connectivity index (χ4v) is 3.99. The molecule has 0 spiro atoms. The van der Waals surface area contributed by atoms with Crippen LogP contribution in [-0.4, -0.2) is 32.7 Å². The molecule has 0 bridgehead atoms. The summed E-state index contributed by atoms with van der Waals surface area (Å²) in [5.74, 6) is -0.164. The molecule has 0 aliphatic carbocycles. The number of nitrogens with two attached hydrogens (primary N) is 1. The Morgan fingerprint density at radius 1 is 1.16 bits per heavy atom. The smallest absolute Gasteiger partial charge is 0.272 e. The maximum Gasteiger partial charge on any atom is 0.272 e. The molecule has 0 aliphatic rings. The van der Waals surface area contributed by atoms with Crippen LogP contribution in [-0.2, 0) is 15.4 Å². The number of carbonyl (C=O) groups excluding carboxylic acids is 1. The number of sulfonamides is 1. The van der Waals surface area contributed by atoms with Gasteiger partial charge >= 0.3 is 0 Å². The number of anilines is 3. The molecule has 0 radical (unpaired) electrons. The third-order valence-corrected chi connectivity index (χ3v) is 5.65. The zero-order valence-electron chi connectivity index (χ0n) is 18.5. The summed E-state index contributed by atoms with van der Waals surface area (Å²) in [4.78, 5) is 16.3. The minimum atomic E-state index is -3.56. The van der Waals surface area contributed by atoms with Gasteiger partial charge in [-0.2, -0.15) is 0 Å². The molecule has 1 heterocycles. The first kappa shape index (κ1) is 22.5. The Morgan fingerprint density at radius 3 is 2.35 bits per heavy atom. The van der Waals surface area contributed by atoms with Crippen molar-refractivity contribution in [3.8, 4) is 5.75 Å². The van der Waals surface area contributed by atoms with E-state index in [1.165, 1.54) is 7.11 Å². The molecular weight excluding hydrogens is 416 g/mol. The van der Waals surface area contributed by atoms with Crippen LogP contribution in [0.5, 0.6) is 5.75 Å². The number of fused-ring (bicyclic) bond motifs is 1. The van der Waals surface area contributed by atoms with Gasteiger partial charge in [-0.15, -0.1) is 0 Å². The molecule has 0 aliphatic heterocycles. The highest BCUT2D eigenvalue weighted by Crippen LogP contribution is 2.39. The third-order valence-electron chi connectivity index (χ3n) is 5.06. The van der Waals surface area contributed by atoms with Gasteiger partial charge in [0.1, 0.15) is 5.69 Å². The number of aryl methyl sites for hydroxylation is 1. The van der Waals surface area contributed by atoms with Crippen molar-refractivity contribution in [1.82, 2.24) is 4.98 Å². The standard InChI is InChI=1S/C22H28N4O4S/c1-12-14-8-7-9-15(23)19(14)25-18(12)21(27)24-16-10-13(22(2,3)4)11-17(20(16)30-5)26-31(6,28)29/h7-11,25-26H,23H2,1-6H3,(H,24,27). The third kappa shape index (κ3) is 4.61. The summed E-state index contributed by atoms with van der Waals surface area (Å²) in [5, 5.41) is 3.73. The summed E-state index contributed by atoms with van der Waals surface area (Å²) in [5.41, 5.74) is 9.55. The number of nitrogen functional groups attached to an aromatic ring is 1. The van der Waals surface area contributed by atoms with Crippen LogP contribution in [0.2, 0.25) is 0 Å². The summed E-state index contributed by atoms with van der Waals surface area (Å²) in [7, 11) is -2.14. The average molecular weight is 445 g/mol. The number of rotatable bonds is 5. The largest absolute Gasteiger partial charge is 0.492 e. The van der Waals surface area contributed by atoms with Crippen molar-refractivity contribution < 1.29 is 17.9 Å². The second-order valence-electron chi connectivity index (χ2n) is 8.58. The van der Waals surface area contributed by atoms with Crippen LogP contribution in [0.15, 0.2) is 30.3 Å². The van der Waals surface area contributed by atoms with E-state index < -0.39 is 10.0 Å². The number of amides is 1. The Kier molecular flexibility index (Phi) is 5.66. The number of ether oxygens (including phenoxy) is 1.